The number of benzene rings is 2. The number of aromatic nitrogens is 4. The van der Waals surface area contributed by atoms with Crippen LogP contribution in [-0.2, 0) is 18.7 Å². The molecule has 3 heterocycles. The first-order chi connectivity index (χ1) is 18.6. The second-order valence-corrected chi connectivity index (χ2v) is 16.0. The number of halogens is 1. The summed E-state index contributed by atoms with van der Waals surface area (Å²) in [5.41, 5.74) is 6.96. The SMILES string of the molecule is CC(=O)OC1C(Br)[C@@H](CO[Si](c2ccccc2)(c2ccccc2)C(C)(C)C)O[C@H]1n1cnc2c(N)ncnc21. The van der Waals surface area contributed by atoms with E-state index in [1.165, 1.54) is 23.6 Å². The molecule has 4 atom stereocenters. The van der Waals surface area contributed by atoms with Crippen LogP contribution >= 0.6 is 15.9 Å². The van der Waals surface area contributed by atoms with Crippen molar-refractivity contribution < 1.29 is 18.7 Å². The van der Waals surface area contributed by atoms with Crippen molar-refractivity contribution in [1.29, 1.82) is 0 Å². The van der Waals surface area contributed by atoms with Gasteiger partial charge in [0.2, 0.25) is 0 Å². The maximum Gasteiger partial charge on any atom is 0.303 e. The third kappa shape index (κ3) is 4.99. The van der Waals surface area contributed by atoms with Crippen LogP contribution in [0.3, 0.4) is 0 Å². The van der Waals surface area contributed by atoms with E-state index < -0.39 is 32.7 Å². The monoisotopic (exact) mass is 609 g/mol. The van der Waals surface area contributed by atoms with Crippen molar-refractivity contribution in [2.24, 2.45) is 0 Å². The molecule has 0 spiro atoms. The van der Waals surface area contributed by atoms with Crippen molar-refractivity contribution >= 4 is 57.6 Å². The molecule has 1 aliphatic heterocycles. The maximum atomic E-state index is 12.1. The number of ether oxygens (including phenoxy) is 2. The van der Waals surface area contributed by atoms with Crippen molar-refractivity contribution in [3.8, 4) is 0 Å². The van der Waals surface area contributed by atoms with Gasteiger partial charge in [-0.3, -0.25) is 9.36 Å². The minimum Gasteiger partial charge on any atom is -0.456 e. The van der Waals surface area contributed by atoms with Crippen LogP contribution in [-0.4, -0.2) is 57.4 Å². The molecule has 0 radical (unpaired) electrons. The number of carbonyl (C=O) groups excluding carboxylic acids is 1. The van der Waals surface area contributed by atoms with E-state index in [-0.39, 0.29) is 22.3 Å². The summed E-state index contributed by atoms with van der Waals surface area (Å²) in [5.74, 6) is -0.145. The fraction of sp³-hybridized carbons (Fsp3) is 0.357. The highest BCUT2D eigenvalue weighted by Gasteiger charge is 2.53. The van der Waals surface area contributed by atoms with E-state index in [2.05, 4.69) is 100 Å². The normalized spacial score (nSPS) is 21.8. The van der Waals surface area contributed by atoms with E-state index in [0.717, 1.165) is 0 Å². The Kier molecular flexibility index (Phi) is 7.60. The minimum atomic E-state index is -2.80. The Morgan fingerprint density at radius 3 is 2.23 bits per heavy atom. The molecule has 2 aromatic heterocycles. The van der Waals surface area contributed by atoms with Gasteiger partial charge in [-0.15, -0.1) is 0 Å². The van der Waals surface area contributed by atoms with Gasteiger partial charge in [0.25, 0.3) is 8.32 Å². The predicted octanol–water partition coefficient (Wildman–Crippen LogP) is 3.58. The molecular formula is C28H32BrN5O4Si. The molecule has 5 rings (SSSR count). The summed E-state index contributed by atoms with van der Waals surface area (Å²) in [4.78, 5) is 24.5. The van der Waals surface area contributed by atoms with Crippen LogP contribution in [0.1, 0.15) is 33.9 Å². The molecule has 1 saturated heterocycles. The molecule has 1 fully saturated rings. The lowest BCUT2D eigenvalue weighted by atomic mass is 10.2. The number of carbonyl (C=O) groups is 1. The number of hydrogen-bond donors (Lipinski definition) is 1. The topological polar surface area (TPSA) is 114 Å². The zero-order chi connectivity index (χ0) is 27.8. The van der Waals surface area contributed by atoms with Crippen molar-refractivity contribution in [3.63, 3.8) is 0 Å². The Hall–Kier alpha value is -3.12. The van der Waals surface area contributed by atoms with Gasteiger partial charge >= 0.3 is 5.97 Å². The second kappa shape index (κ2) is 10.8. The summed E-state index contributed by atoms with van der Waals surface area (Å²) in [7, 11) is -2.80. The fourth-order valence-corrected chi connectivity index (χ4v) is 10.6. The first-order valence-electron chi connectivity index (χ1n) is 12.8. The first-order valence-corrected chi connectivity index (χ1v) is 15.6. The van der Waals surface area contributed by atoms with E-state index in [4.69, 9.17) is 19.6 Å². The number of esters is 1. The lowest BCUT2D eigenvalue weighted by Gasteiger charge is -2.43. The molecular weight excluding hydrogens is 578 g/mol. The third-order valence-corrected chi connectivity index (χ3v) is 13.2. The maximum absolute atomic E-state index is 12.1. The number of hydrogen-bond acceptors (Lipinski definition) is 8. The number of fused-ring (bicyclic) bond motifs is 1. The quantitative estimate of drug-likeness (QED) is 0.192. The molecule has 0 amide bonds. The third-order valence-electron chi connectivity index (χ3n) is 7.11. The van der Waals surface area contributed by atoms with Gasteiger partial charge in [0.15, 0.2) is 23.8 Å². The van der Waals surface area contributed by atoms with Crippen LogP contribution in [0.2, 0.25) is 5.04 Å². The lowest BCUT2D eigenvalue weighted by molar-refractivity contribution is -0.152. The van der Waals surface area contributed by atoms with Crippen LogP contribution in [0.15, 0.2) is 73.3 Å². The molecule has 4 aromatic rings. The van der Waals surface area contributed by atoms with E-state index in [1.54, 1.807) is 10.9 Å². The van der Waals surface area contributed by atoms with Gasteiger partial charge in [-0.25, -0.2) is 15.0 Å². The standard InChI is InChI=1S/C28H32BrN5O4Si/c1-18(35)37-24-22(29)21(38-27(24)34-17-33-23-25(30)31-16-32-26(23)34)15-36-39(28(2,3)4,19-11-7-5-8-12-19)20-13-9-6-10-14-20/h5-14,16-17,21-22,24,27H,15H2,1-4H3,(H2,30,31,32)/t21-,22?,24?,27-/m1/s1. The molecule has 204 valence electrons. The molecule has 11 heteroatoms. The van der Waals surface area contributed by atoms with Crippen LogP contribution < -0.4 is 16.1 Å². The van der Waals surface area contributed by atoms with Crippen LogP contribution in [0.4, 0.5) is 5.82 Å². The molecule has 0 bridgehead atoms. The van der Waals surface area contributed by atoms with Crippen LogP contribution in [0.5, 0.6) is 0 Å². The van der Waals surface area contributed by atoms with Gasteiger partial charge in [0.05, 0.1) is 23.9 Å². The van der Waals surface area contributed by atoms with E-state index in [1.807, 2.05) is 12.1 Å². The Balaban J connectivity index is 1.52. The Bertz CT molecular complexity index is 1410. The van der Waals surface area contributed by atoms with Crippen molar-refractivity contribution in [2.45, 2.75) is 56.0 Å². The molecule has 0 saturated carbocycles. The minimum absolute atomic E-state index is 0.195. The largest absolute Gasteiger partial charge is 0.456 e. The van der Waals surface area contributed by atoms with Gasteiger partial charge in [-0.1, -0.05) is 97.4 Å². The van der Waals surface area contributed by atoms with E-state index in [0.29, 0.717) is 11.2 Å². The number of nitrogen functional groups attached to an aromatic ring is 1. The summed E-state index contributed by atoms with van der Waals surface area (Å²) >= 11 is 3.78. The highest BCUT2D eigenvalue weighted by molar-refractivity contribution is 9.09. The zero-order valence-electron chi connectivity index (χ0n) is 22.3. The summed E-state index contributed by atoms with van der Waals surface area (Å²) in [6.07, 6.45) is 1.19. The highest BCUT2D eigenvalue weighted by Crippen LogP contribution is 2.41. The molecule has 1 aliphatic rings. The first kappa shape index (κ1) is 27.4. The van der Waals surface area contributed by atoms with Gasteiger partial charge in [-0.2, -0.15) is 0 Å². The number of imidazole rings is 1. The number of alkyl halides is 1. The smallest absolute Gasteiger partial charge is 0.303 e. The van der Waals surface area contributed by atoms with Gasteiger partial charge in [0, 0.05) is 6.92 Å². The molecule has 2 N–H and O–H groups in total. The van der Waals surface area contributed by atoms with Crippen LogP contribution in [0.25, 0.3) is 11.2 Å². The number of anilines is 1. The Morgan fingerprint density at radius 1 is 1.05 bits per heavy atom. The average Bonchev–Trinajstić information content (AvgIpc) is 3.47. The van der Waals surface area contributed by atoms with Crippen LogP contribution in [0, 0.1) is 0 Å². The number of nitrogens with two attached hydrogens (primary N) is 1. The summed E-state index contributed by atoms with van der Waals surface area (Å²) in [5, 5.41) is 2.15. The average molecular weight is 611 g/mol. The molecule has 2 aromatic carbocycles. The lowest BCUT2D eigenvalue weighted by Crippen LogP contribution is -2.67. The Labute approximate surface area is 237 Å². The van der Waals surface area contributed by atoms with Gasteiger partial charge in [-0.05, 0) is 15.4 Å². The van der Waals surface area contributed by atoms with Crippen molar-refractivity contribution in [3.05, 3.63) is 73.3 Å². The summed E-state index contributed by atoms with van der Waals surface area (Å²) in [6.45, 7) is 8.35. The molecule has 2 unspecified atom stereocenters. The van der Waals surface area contributed by atoms with Crippen molar-refractivity contribution in [2.75, 3.05) is 12.3 Å². The molecule has 39 heavy (non-hydrogen) atoms. The molecule has 0 aliphatic carbocycles. The van der Waals surface area contributed by atoms with Gasteiger partial charge in [0.1, 0.15) is 11.8 Å². The second-order valence-electron chi connectivity index (χ2n) is 10.6. The highest BCUT2D eigenvalue weighted by atomic mass is 79.9. The fourth-order valence-electron chi connectivity index (χ4n) is 5.40. The summed E-state index contributed by atoms with van der Waals surface area (Å²) < 4.78 is 21.2. The number of nitrogens with zero attached hydrogens (tertiary/aromatic N) is 4. The predicted molar refractivity (Wildman–Crippen MR) is 155 cm³/mol. The zero-order valence-corrected chi connectivity index (χ0v) is 24.9. The Morgan fingerprint density at radius 2 is 1.67 bits per heavy atom. The van der Waals surface area contributed by atoms with Crippen molar-refractivity contribution in [1.82, 2.24) is 19.5 Å². The van der Waals surface area contributed by atoms with Gasteiger partial charge < -0.3 is 19.6 Å². The van der Waals surface area contributed by atoms with E-state index >= 15 is 0 Å². The summed E-state index contributed by atoms with van der Waals surface area (Å²) in [6, 6.07) is 20.9. The van der Waals surface area contributed by atoms with E-state index in [9.17, 15) is 4.79 Å². The molecule has 9 nitrogen and oxygen atoms in total. The number of rotatable bonds is 7.